The molecular formula is C100H148F3N15O21. The number of hydrogen-bond donors (Lipinski definition) is 12. The number of likely N-dealkylation sites (tertiary alicyclic amines) is 3. The molecular weight excluding hydrogens is 1800 g/mol. The highest BCUT2D eigenvalue weighted by atomic mass is 19.4. The molecule has 6 aliphatic carbocycles. The first-order chi connectivity index (χ1) is 63.9. The standard InChI is InChI=1S/C36H53N5O7.C34H49N5O7.C30H46F3N5O7/c1-19(21-13-11-10-12-14-21)48-32(46)28(35(5,6)7)40-33(47)39-27(34(2,3)4)31(45)41-18-22-24(36(22,8)9)25(41)30(44)38-23(17-20-15-16-20)26(42)29(37)43;1-18(2)24(31(44)46-17-20-11-9-8-10-12-20)37-32(45)38-27(33(3,4)5)30(43)39-16-21-23(34(21,6)7)25(39)29(42)36-22(15-19-13-14-19)26(40)28(35)41;1-27(2,3)21(37-26(44)36-17(12-30(31,32)33)25(43)45-28(4,5)6)24(42)38-13-15-18(29(15,7)8)19(38)23(41)35-16(11-14-9-10-14)20(39)22(34)40/h10-14,19-20,22-25,27-28H,15-18H2,1-9H3,(H2,37,43)(H,38,44)(H2,39,40,47);8-12,18-19,21-25,27H,13-17H2,1-7H3,(H2,35,41)(H,36,42)(H2,37,38,45);14-19,21H,9-13H2,1-8H3,(H2,34,40)(H,35,41)(H2,36,37,44)/t19-,22-,23?,24-,25-,27+,28+;21-,22?,23-,24-,25-,27+;15-,16?,17?,18-,19-,21+/m000/s1. The molecule has 3 heterocycles. The quantitative estimate of drug-likeness (QED) is 0.0176. The molecule has 139 heavy (non-hydrogen) atoms. The number of carbonyl (C=O) groups is 18. The number of nitrogens with two attached hydrogens (primary N) is 3. The van der Waals surface area contributed by atoms with Crippen molar-refractivity contribution in [3.63, 3.8) is 0 Å². The van der Waals surface area contributed by atoms with Gasteiger partial charge in [-0.25, -0.2) is 28.8 Å². The average molecular weight is 1950 g/mol. The lowest BCUT2D eigenvalue weighted by molar-refractivity contribution is -0.170. The zero-order chi connectivity index (χ0) is 105. The number of fused-ring (bicyclic) bond motifs is 3. The number of amides is 15. The number of esters is 3. The van der Waals surface area contributed by atoms with Crippen LogP contribution >= 0.6 is 0 Å². The zero-order valence-corrected chi connectivity index (χ0v) is 84.7. The lowest BCUT2D eigenvalue weighted by atomic mass is 9.85. The molecule has 15 amide bonds. The van der Waals surface area contributed by atoms with Gasteiger partial charge < -0.3 is 94.0 Å². The van der Waals surface area contributed by atoms with Gasteiger partial charge in [0, 0.05) is 19.6 Å². The number of carbonyl (C=O) groups excluding carboxylic acids is 18. The van der Waals surface area contributed by atoms with Crippen LogP contribution in [0, 0.1) is 97.1 Å². The Morgan fingerprint density at radius 3 is 0.986 bits per heavy atom. The highest BCUT2D eigenvalue weighted by molar-refractivity contribution is 6.39. The highest BCUT2D eigenvalue weighted by Crippen LogP contribution is 2.67. The fourth-order valence-corrected chi connectivity index (χ4v) is 19.7. The summed E-state index contributed by atoms with van der Waals surface area (Å²) in [5.41, 5.74) is 12.3. The Balaban J connectivity index is 0.000000233. The average Bonchev–Trinajstić information content (AvgIpc) is 1.53. The molecule has 0 spiro atoms. The van der Waals surface area contributed by atoms with Crippen molar-refractivity contribution in [3.8, 4) is 0 Å². The van der Waals surface area contributed by atoms with Crippen molar-refractivity contribution in [2.45, 2.75) is 327 Å². The summed E-state index contributed by atoms with van der Waals surface area (Å²) in [7, 11) is 0. The lowest BCUT2D eigenvalue weighted by Crippen LogP contribution is -2.62. The first kappa shape index (κ1) is 111. The molecule has 39 heteroatoms. The summed E-state index contributed by atoms with van der Waals surface area (Å²) in [5, 5.41) is 23.6. The van der Waals surface area contributed by atoms with E-state index in [2.05, 4.69) is 42.5 Å². The van der Waals surface area contributed by atoms with Gasteiger partial charge in [0.1, 0.15) is 72.7 Å². The molecule has 770 valence electrons. The summed E-state index contributed by atoms with van der Waals surface area (Å²) in [6.45, 7) is 43.7. The molecule has 0 bridgehead atoms. The van der Waals surface area contributed by atoms with Crippen molar-refractivity contribution in [3.05, 3.63) is 71.8 Å². The minimum absolute atomic E-state index is 0.0482. The van der Waals surface area contributed by atoms with Crippen molar-refractivity contribution in [2.75, 3.05) is 19.6 Å². The van der Waals surface area contributed by atoms with Crippen LogP contribution in [-0.4, -0.2) is 225 Å². The van der Waals surface area contributed by atoms with Crippen molar-refractivity contribution in [1.82, 2.24) is 62.6 Å². The summed E-state index contributed by atoms with van der Waals surface area (Å²) in [5.74, 6) is -12.0. The highest BCUT2D eigenvalue weighted by Gasteiger charge is 2.73. The van der Waals surface area contributed by atoms with E-state index in [1.807, 2.05) is 108 Å². The van der Waals surface area contributed by atoms with E-state index in [9.17, 15) is 99.5 Å². The maximum Gasteiger partial charge on any atom is 0.391 e. The van der Waals surface area contributed by atoms with Crippen molar-refractivity contribution in [1.29, 1.82) is 0 Å². The predicted molar refractivity (Wildman–Crippen MR) is 503 cm³/mol. The molecule has 3 saturated heterocycles. The molecule has 6 saturated carbocycles. The third-order valence-corrected chi connectivity index (χ3v) is 28.7. The monoisotopic (exact) mass is 1950 g/mol. The van der Waals surface area contributed by atoms with E-state index in [1.54, 1.807) is 104 Å². The van der Waals surface area contributed by atoms with Crippen molar-refractivity contribution >= 4 is 107 Å². The van der Waals surface area contributed by atoms with Crippen LogP contribution in [0.2, 0.25) is 0 Å². The van der Waals surface area contributed by atoms with Gasteiger partial charge >= 0.3 is 42.2 Å². The first-order valence-electron chi connectivity index (χ1n) is 48.2. The second-order valence-corrected chi connectivity index (χ2v) is 46.8. The molecule has 4 unspecified atom stereocenters. The largest absolute Gasteiger partial charge is 0.459 e. The Hall–Kier alpha value is -11.3. The Kier molecular flexibility index (Phi) is 34.1. The first-order valence-corrected chi connectivity index (χ1v) is 48.2. The minimum Gasteiger partial charge on any atom is -0.459 e. The smallest absolute Gasteiger partial charge is 0.391 e. The molecule has 0 radical (unpaired) electrons. The van der Waals surface area contributed by atoms with Gasteiger partial charge in [0.15, 0.2) is 0 Å². The van der Waals surface area contributed by atoms with Gasteiger partial charge in [-0.15, -0.1) is 0 Å². The summed E-state index contributed by atoms with van der Waals surface area (Å²) in [6.07, 6.45) is -0.832. The van der Waals surface area contributed by atoms with Crippen LogP contribution in [0.1, 0.15) is 248 Å². The summed E-state index contributed by atoms with van der Waals surface area (Å²) in [6, 6.07) is 2.23. The lowest BCUT2D eigenvalue weighted by Gasteiger charge is -2.38. The summed E-state index contributed by atoms with van der Waals surface area (Å²) in [4.78, 5) is 240. The van der Waals surface area contributed by atoms with E-state index in [0.717, 1.165) is 49.7 Å². The Morgan fingerprint density at radius 1 is 0.396 bits per heavy atom. The number of rotatable bonds is 36. The van der Waals surface area contributed by atoms with Crippen LogP contribution in [0.5, 0.6) is 0 Å². The van der Waals surface area contributed by atoms with Crippen LogP contribution in [-0.2, 0) is 92.7 Å². The Labute approximate surface area is 812 Å². The van der Waals surface area contributed by atoms with E-state index in [4.69, 9.17) is 31.4 Å². The van der Waals surface area contributed by atoms with Gasteiger partial charge in [-0.1, -0.05) is 238 Å². The van der Waals surface area contributed by atoms with Crippen LogP contribution in [0.25, 0.3) is 0 Å². The topological polar surface area (TPSA) is 531 Å². The second-order valence-electron chi connectivity index (χ2n) is 46.8. The maximum atomic E-state index is 14.3. The third kappa shape index (κ3) is 28.5. The van der Waals surface area contributed by atoms with E-state index in [0.29, 0.717) is 25.9 Å². The molecule has 19 atom stereocenters. The predicted octanol–water partition coefficient (Wildman–Crippen LogP) is 7.72. The van der Waals surface area contributed by atoms with E-state index in [1.165, 1.54) is 35.5 Å². The zero-order valence-electron chi connectivity index (χ0n) is 84.7. The summed E-state index contributed by atoms with van der Waals surface area (Å²) >= 11 is 0. The second kappa shape index (κ2) is 42.6. The number of nitrogens with one attached hydrogen (secondary N) is 9. The number of hydrogen-bond acceptors (Lipinski definition) is 21. The number of halogens is 3. The van der Waals surface area contributed by atoms with Gasteiger partial charge in [0.25, 0.3) is 17.7 Å². The molecule has 2 aromatic carbocycles. The van der Waals surface area contributed by atoms with E-state index >= 15 is 0 Å². The molecule has 9 fully saturated rings. The summed E-state index contributed by atoms with van der Waals surface area (Å²) < 4.78 is 56.1. The van der Waals surface area contributed by atoms with Crippen LogP contribution in [0.4, 0.5) is 27.6 Å². The maximum absolute atomic E-state index is 14.3. The number of ether oxygens (including phenoxy) is 3. The van der Waals surface area contributed by atoms with Crippen LogP contribution in [0.3, 0.4) is 0 Å². The number of primary amides is 3. The SMILES string of the molecule is CC(C)(C)OC(=O)C(CC(F)(F)F)NC(=O)N[C@H](C(=O)N1C[C@H]2[C@@H]([C@H]1C(=O)NC(CC1CC1)C(=O)C(N)=O)C2(C)C)C(C)(C)C.CC(C)[C@H](NC(=O)N[C@H](C(=O)N1C[C@H]2[C@@H]([C@H]1C(=O)NC(CC1CC1)C(=O)C(N)=O)C2(C)C)C(C)(C)C)C(=O)OCc1ccccc1.C[C@H](OC(=O)[C@@H](NC(=O)N[C@H](C(=O)N1C[C@H]2[C@@H]([C@H]1C(=O)NC(CC1CC1)C(=O)C(N)=O)C2(C)C)C(C)(C)C)C(C)(C)C)c1ccccc1. The Morgan fingerprint density at radius 2 is 0.698 bits per heavy atom. The molecule has 2 aromatic rings. The third-order valence-electron chi connectivity index (χ3n) is 28.7. The van der Waals surface area contributed by atoms with Gasteiger partial charge in [-0.2, -0.15) is 13.2 Å². The van der Waals surface area contributed by atoms with Crippen molar-refractivity contribution in [2.24, 2.45) is 114 Å². The number of Topliss-reactive ketones (excluding diaryl/α,β-unsaturated/α-hetero) is 3. The molecule has 3 aliphatic heterocycles. The normalized spacial score (nSPS) is 23.9. The minimum atomic E-state index is -4.81. The van der Waals surface area contributed by atoms with Gasteiger partial charge in [-0.3, -0.25) is 57.5 Å². The van der Waals surface area contributed by atoms with Crippen LogP contribution < -0.4 is 65.1 Å². The molecule has 15 N–H and O–H groups in total. The van der Waals surface area contributed by atoms with E-state index < -0.39 is 225 Å². The number of alkyl halides is 3. The molecule has 36 nitrogen and oxygen atoms in total. The fourth-order valence-electron chi connectivity index (χ4n) is 19.7. The fraction of sp³-hybridized carbons (Fsp3) is 0.700. The van der Waals surface area contributed by atoms with Crippen LogP contribution in [0.15, 0.2) is 60.7 Å². The molecule has 9 aliphatic rings. The van der Waals surface area contributed by atoms with Gasteiger partial charge in [0.2, 0.25) is 52.8 Å². The molecule has 11 rings (SSSR count). The number of benzene rings is 2. The van der Waals surface area contributed by atoms with Gasteiger partial charge in [-0.05, 0) is 155 Å². The number of nitrogens with zero attached hydrogens (tertiary/aromatic N) is 3. The Bertz CT molecular complexity index is 4960. The number of piperidine rings is 3. The molecule has 0 aromatic heterocycles. The number of ketones is 3. The van der Waals surface area contributed by atoms with Crippen molar-refractivity contribution < 1.29 is 114 Å². The van der Waals surface area contributed by atoms with Gasteiger partial charge in [0.05, 0.1) is 24.5 Å². The number of urea groups is 3. The van der Waals surface area contributed by atoms with E-state index in [-0.39, 0.29) is 95.0 Å².